The fraction of sp³-hybridized carbons (Fsp3) is 0.571. The molecule has 2 N–H and O–H groups in total. The summed E-state index contributed by atoms with van der Waals surface area (Å²) in [6.45, 7) is 7.42. The lowest BCUT2D eigenvalue weighted by Gasteiger charge is -2.37. The largest absolute Gasteiger partial charge is 0.487 e. The third kappa shape index (κ3) is 2.99. The zero-order valence-corrected chi connectivity index (χ0v) is 10.8. The minimum atomic E-state index is -0.796. The van der Waals surface area contributed by atoms with Crippen molar-refractivity contribution in [3.05, 3.63) is 29.3 Å². The lowest BCUT2D eigenvalue weighted by Crippen LogP contribution is -2.55. The fourth-order valence-corrected chi connectivity index (χ4v) is 2.35. The van der Waals surface area contributed by atoms with Crippen LogP contribution in [0.15, 0.2) is 18.2 Å². The van der Waals surface area contributed by atoms with Gasteiger partial charge in [0, 0.05) is 6.54 Å². The maximum absolute atomic E-state index is 10.2. The van der Waals surface area contributed by atoms with Gasteiger partial charge in [-0.2, -0.15) is 0 Å². The number of aliphatic hydroxyl groups is 1. The Bertz CT molecular complexity index is 381. The molecule has 0 aromatic heterocycles. The minimum absolute atomic E-state index is 0.134. The van der Waals surface area contributed by atoms with E-state index in [0.29, 0.717) is 6.54 Å². The van der Waals surface area contributed by atoms with Crippen molar-refractivity contribution in [1.82, 2.24) is 5.32 Å². The number of nitrogens with one attached hydrogen (secondary N) is 1. The van der Waals surface area contributed by atoms with Gasteiger partial charge in [0.2, 0.25) is 0 Å². The first-order valence-corrected chi connectivity index (χ1v) is 6.15. The summed E-state index contributed by atoms with van der Waals surface area (Å²) in [5, 5.41) is 13.4. The Balaban J connectivity index is 2.14. The lowest BCUT2D eigenvalue weighted by molar-refractivity contribution is -0.0634. The molecule has 3 heteroatoms. The van der Waals surface area contributed by atoms with Crippen molar-refractivity contribution in [2.75, 3.05) is 13.1 Å². The minimum Gasteiger partial charge on any atom is -0.487 e. The highest BCUT2D eigenvalue weighted by atomic mass is 16.5. The maximum Gasteiger partial charge on any atom is 0.129 e. The van der Waals surface area contributed by atoms with Crippen LogP contribution in [0.3, 0.4) is 0 Å². The first kappa shape index (κ1) is 12.4. The second kappa shape index (κ2) is 4.67. The van der Waals surface area contributed by atoms with Crippen molar-refractivity contribution < 1.29 is 9.84 Å². The molecule has 0 saturated carbocycles. The third-order valence-corrected chi connectivity index (χ3v) is 3.23. The molecule has 1 aliphatic heterocycles. The quantitative estimate of drug-likeness (QED) is 0.821. The Morgan fingerprint density at radius 3 is 2.53 bits per heavy atom. The van der Waals surface area contributed by atoms with E-state index in [4.69, 9.17) is 4.74 Å². The van der Waals surface area contributed by atoms with E-state index in [1.807, 2.05) is 19.1 Å². The van der Waals surface area contributed by atoms with Crippen LogP contribution in [-0.4, -0.2) is 29.9 Å². The normalized spacial score (nSPS) is 29.1. The van der Waals surface area contributed by atoms with E-state index in [2.05, 4.69) is 25.2 Å². The molecule has 1 aromatic carbocycles. The summed E-state index contributed by atoms with van der Waals surface area (Å²) in [4.78, 5) is 0. The molecule has 2 atom stereocenters. The Labute approximate surface area is 103 Å². The molecule has 2 rings (SSSR count). The Hall–Kier alpha value is -1.06. The molecular formula is C14H21NO2. The number of benzene rings is 1. The highest BCUT2D eigenvalue weighted by molar-refractivity contribution is 5.33. The van der Waals surface area contributed by atoms with Gasteiger partial charge in [0.05, 0.1) is 0 Å². The molecule has 1 fully saturated rings. The average molecular weight is 235 g/mol. The predicted octanol–water partition coefficient (Wildman–Crippen LogP) is 1.80. The molecule has 0 spiro atoms. The molecule has 3 nitrogen and oxygen atoms in total. The van der Waals surface area contributed by atoms with Gasteiger partial charge in [0.15, 0.2) is 0 Å². The van der Waals surface area contributed by atoms with E-state index in [1.54, 1.807) is 0 Å². The van der Waals surface area contributed by atoms with Gasteiger partial charge in [-0.05, 0) is 57.0 Å². The molecule has 0 radical (unpaired) electrons. The van der Waals surface area contributed by atoms with Crippen molar-refractivity contribution in [1.29, 1.82) is 0 Å². The summed E-state index contributed by atoms with van der Waals surface area (Å²) < 4.78 is 5.94. The molecular weight excluding hydrogens is 214 g/mol. The summed E-state index contributed by atoms with van der Waals surface area (Å²) in [6, 6.07) is 6.16. The van der Waals surface area contributed by atoms with Crippen LogP contribution in [0.1, 0.15) is 24.5 Å². The third-order valence-electron chi connectivity index (χ3n) is 3.23. The van der Waals surface area contributed by atoms with Crippen molar-refractivity contribution in [3.8, 4) is 5.75 Å². The average Bonchev–Trinajstić information content (AvgIpc) is 2.19. The second-order valence-corrected chi connectivity index (χ2v) is 5.25. The smallest absolute Gasteiger partial charge is 0.129 e. The van der Waals surface area contributed by atoms with Gasteiger partial charge in [-0.1, -0.05) is 6.07 Å². The molecule has 1 aromatic rings. The Morgan fingerprint density at radius 1 is 1.29 bits per heavy atom. The summed E-state index contributed by atoms with van der Waals surface area (Å²) in [5.74, 6) is 0.856. The van der Waals surface area contributed by atoms with E-state index in [0.717, 1.165) is 18.7 Å². The molecule has 0 bridgehead atoms. The number of hydrogen-bond acceptors (Lipinski definition) is 3. The van der Waals surface area contributed by atoms with Gasteiger partial charge in [-0.25, -0.2) is 0 Å². The summed E-state index contributed by atoms with van der Waals surface area (Å²) >= 11 is 0. The van der Waals surface area contributed by atoms with E-state index in [1.165, 1.54) is 11.1 Å². The number of piperidine rings is 1. The molecule has 17 heavy (non-hydrogen) atoms. The SMILES string of the molecule is Cc1cc(C)cc(O[C@H]2CCNC[C@]2(C)O)c1. The zero-order valence-electron chi connectivity index (χ0n) is 10.8. The van der Waals surface area contributed by atoms with Gasteiger partial charge in [-0.3, -0.25) is 0 Å². The monoisotopic (exact) mass is 235 g/mol. The summed E-state index contributed by atoms with van der Waals surface area (Å²) in [6.07, 6.45) is 0.699. The lowest BCUT2D eigenvalue weighted by atomic mass is 9.93. The maximum atomic E-state index is 10.2. The van der Waals surface area contributed by atoms with Crippen molar-refractivity contribution in [3.63, 3.8) is 0 Å². The van der Waals surface area contributed by atoms with Gasteiger partial charge in [0.25, 0.3) is 0 Å². The van der Waals surface area contributed by atoms with Crippen LogP contribution in [0, 0.1) is 13.8 Å². The molecule has 1 saturated heterocycles. The van der Waals surface area contributed by atoms with E-state index < -0.39 is 5.60 Å². The van der Waals surface area contributed by atoms with Crippen LogP contribution in [0.5, 0.6) is 5.75 Å². The van der Waals surface area contributed by atoms with Crippen LogP contribution in [0.2, 0.25) is 0 Å². The van der Waals surface area contributed by atoms with E-state index in [-0.39, 0.29) is 6.10 Å². The van der Waals surface area contributed by atoms with Crippen molar-refractivity contribution >= 4 is 0 Å². The van der Waals surface area contributed by atoms with Gasteiger partial charge in [0.1, 0.15) is 17.5 Å². The van der Waals surface area contributed by atoms with E-state index >= 15 is 0 Å². The molecule has 0 aliphatic carbocycles. The second-order valence-electron chi connectivity index (χ2n) is 5.25. The van der Waals surface area contributed by atoms with E-state index in [9.17, 15) is 5.11 Å². The molecule has 0 unspecified atom stereocenters. The number of ether oxygens (including phenoxy) is 1. The van der Waals surface area contributed by atoms with Crippen LogP contribution in [0.25, 0.3) is 0 Å². The first-order valence-electron chi connectivity index (χ1n) is 6.15. The summed E-state index contributed by atoms with van der Waals surface area (Å²) in [7, 11) is 0. The van der Waals surface area contributed by atoms with Gasteiger partial charge in [-0.15, -0.1) is 0 Å². The highest BCUT2D eigenvalue weighted by Crippen LogP contribution is 2.24. The van der Waals surface area contributed by atoms with Crippen molar-refractivity contribution in [2.45, 2.75) is 38.9 Å². The standard InChI is InChI=1S/C14H21NO2/c1-10-6-11(2)8-12(7-10)17-13-4-5-15-9-14(13,3)16/h6-8,13,15-16H,4-5,9H2,1-3H3/t13-,14-/m0/s1. The van der Waals surface area contributed by atoms with Crippen molar-refractivity contribution in [2.24, 2.45) is 0 Å². The van der Waals surface area contributed by atoms with Gasteiger partial charge < -0.3 is 15.2 Å². The van der Waals surface area contributed by atoms with Crippen LogP contribution in [-0.2, 0) is 0 Å². The topological polar surface area (TPSA) is 41.5 Å². The summed E-state index contributed by atoms with van der Waals surface area (Å²) in [5.41, 5.74) is 1.58. The van der Waals surface area contributed by atoms with Gasteiger partial charge >= 0.3 is 0 Å². The zero-order chi connectivity index (χ0) is 12.5. The van der Waals surface area contributed by atoms with Crippen LogP contribution < -0.4 is 10.1 Å². The molecule has 1 heterocycles. The molecule has 94 valence electrons. The first-order chi connectivity index (χ1) is 7.97. The molecule has 0 amide bonds. The fourth-order valence-electron chi connectivity index (χ4n) is 2.35. The number of rotatable bonds is 2. The van der Waals surface area contributed by atoms with Crippen LogP contribution in [0.4, 0.5) is 0 Å². The number of hydrogen-bond donors (Lipinski definition) is 2. The Kier molecular flexibility index (Phi) is 3.40. The Morgan fingerprint density at radius 2 is 1.94 bits per heavy atom. The predicted molar refractivity (Wildman–Crippen MR) is 68.4 cm³/mol. The highest BCUT2D eigenvalue weighted by Gasteiger charge is 2.36. The number of β-amino-alcohol motifs (C(OH)–C–C–N with tert-alkyl or cyclic N) is 1. The number of aryl methyl sites for hydroxylation is 2. The van der Waals surface area contributed by atoms with Crippen LogP contribution >= 0.6 is 0 Å². The molecule has 1 aliphatic rings.